The standard InChI is InChI=1S/C25H16N4O4S3/c30-36(31,32)22-4-2-1-3-19(22)23-17-7-5-15(28-24-26-9-11-34-24)13-20(17)33-21-14-16(6-8-18(21)23)29-25-27-10-12-35-25/h1-14H,(H,26,28)(H,30,31,32)/b29-16+. The molecular formula is C25H16N4O4S3. The van der Waals surface area contributed by atoms with Crippen LogP contribution < -0.4 is 10.7 Å². The van der Waals surface area contributed by atoms with Crippen LogP contribution in [0.25, 0.3) is 33.4 Å². The Labute approximate surface area is 213 Å². The lowest BCUT2D eigenvalue weighted by atomic mass is 9.93. The van der Waals surface area contributed by atoms with Gasteiger partial charge in [-0.05, 0) is 30.3 Å². The number of rotatable bonds is 5. The minimum absolute atomic E-state index is 0.180. The molecule has 2 N–H and O–H groups in total. The van der Waals surface area contributed by atoms with Crippen molar-refractivity contribution in [1.29, 1.82) is 0 Å². The molecule has 0 bridgehead atoms. The van der Waals surface area contributed by atoms with E-state index in [1.54, 1.807) is 36.7 Å². The molecule has 2 aromatic heterocycles. The second kappa shape index (κ2) is 8.95. The van der Waals surface area contributed by atoms with Gasteiger partial charge in [0.2, 0.25) is 5.13 Å². The van der Waals surface area contributed by atoms with E-state index >= 15 is 0 Å². The Morgan fingerprint density at radius 2 is 1.75 bits per heavy atom. The molecule has 0 atom stereocenters. The molecule has 0 saturated carbocycles. The summed E-state index contributed by atoms with van der Waals surface area (Å²) in [6.07, 6.45) is 3.40. The van der Waals surface area contributed by atoms with E-state index < -0.39 is 10.1 Å². The fraction of sp³-hybridized carbons (Fsp3) is 0. The van der Waals surface area contributed by atoms with Gasteiger partial charge in [-0.2, -0.15) is 8.42 Å². The Morgan fingerprint density at radius 3 is 2.53 bits per heavy atom. The summed E-state index contributed by atoms with van der Waals surface area (Å²) in [6, 6.07) is 17.4. The number of nitrogens with zero attached hydrogens (tertiary/aromatic N) is 3. The van der Waals surface area contributed by atoms with Gasteiger partial charge in [-0.3, -0.25) is 4.55 Å². The molecule has 0 spiro atoms. The molecule has 3 heterocycles. The molecule has 0 saturated heterocycles. The van der Waals surface area contributed by atoms with Gasteiger partial charge in [0.1, 0.15) is 16.2 Å². The van der Waals surface area contributed by atoms with Crippen LogP contribution in [0.15, 0.2) is 98.1 Å². The third kappa shape index (κ3) is 4.29. The molecule has 0 unspecified atom stereocenters. The average Bonchev–Trinajstić information content (AvgIpc) is 3.56. The van der Waals surface area contributed by atoms with E-state index in [1.807, 2.05) is 41.1 Å². The van der Waals surface area contributed by atoms with Crippen LogP contribution >= 0.6 is 22.7 Å². The van der Waals surface area contributed by atoms with Gasteiger partial charge in [0, 0.05) is 63.1 Å². The average molecular weight is 533 g/mol. The summed E-state index contributed by atoms with van der Waals surface area (Å²) in [4.78, 5) is 12.8. The van der Waals surface area contributed by atoms with Crippen molar-refractivity contribution in [2.45, 2.75) is 4.90 Å². The van der Waals surface area contributed by atoms with Crippen LogP contribution in [0.2, 0.25) is 0 Å². The van der Waals surface area contributed by atoms with E-state index in [4.69, 9.17) is 4.42 Å². The zero-order chi connectivity index (χ0) is 24.7. The van der Waals surface area contributed by atoms with Gasteiger partial charge in [-0.1, -0.05) is 18.2 Å². The molecule has 2 aliphatic rings. The third-order valence-corrected chi connectivity index (χ3v) is 7.73. The zero-order valence-electron chi connectivity index (χ0n) is 18.3. The molecule has 1 aliphatic heterocycles. The Balaban J connectivity index is 1.65. The summed E-state index contributed by atoms with van der Waals surface area (Å²) in [6.45, 7) is 0. The Morgan fingerprint density at radius 1 is 0.917 bits per heavy atom. The highest BCUT2D eigenvalue weighted by atomic mass is 32.2. The van der Waals surface area contributed by atoms with Gasteiger partial charge in [-0.25, -0.2) is 15.0 Å². The maximum Gasteiger partial charge on any atom is 0.295 e. The van der Waals surface area contributed by atoms with Crippen LogP contribution in [-0.4, -0.2) is 22.9 Å². The first kappa shape index (κ1) is 22.6. The highest BCUT2D eigenvalue weighted by Gasteiger charge is 2.23. The highest BCUT2D eigenvalue weighted by Crippen LogP contribution is 2.42. The van der Waals surface area contributed by atoms with Crippen LogP contribution in [0.3, 0.4) is 0 Å². The summed E-state index contributed by atoms with van der Waals surface area (Å²) in [5.41, 5.74) is 2.96. The first-order valence-electron chi connectivity index (χ1n) is 10.6. The van der Waals surface area contributed by atoms with E-state index in [1.165, 1.54) is 28.7 Å². The van der Waals surface area contributed by atoms with Crippen molar-refractivity contribution in [3.05, 3.63) is 89.2 Å². The van der Waals surface area contributed by atoms with Gasteiger partial charge in [-0.15, -0.1) is 22.7 Å². The van der Waals surface area contributed by atoms with E-state index in [0.29, 0.717) is 43.9 Å². The molecule has 11 heteroatoms. The van der Waals surface area contributed by atoms with Gasteiger partial charge in [0.15, 0.2) is 5.13 Å². The second-order valence-corrected chi connectivity index (χ2v) is 10.9. The number of anilines is 2. The summed E-state index contributed by atoms with van der Waals surface area (Å²) in [5.74, 6) is 0.506. The number of hydrogen-bond donors (Lipinski definition) is 2. The summed E-state index contributed by atoms with van der Waals surface area (Å²) >= 11 is 2.89. The number of aromatic nitrogens is 2. The lowest BCUT2D eigenvalue weighted by Gasteiger charge is -2.17. The lowest BCUT2D eigenvalue weighted by molar-refractivity contribution is 0.483. The van der Waals surface area contributed by atoms with Gasteiger partial charge < -0.3 is 9.73 Å². The maximum atomic E-state index is 12.3. The molecule has 2 aromatic carbocycles. The number of nitrogens with one attached hydrogen (secondary N) is 1. The summed E-state index contributed by atoms with van der Waals surface area (Å²) in [5, 5.41) is 9.65. The Hall–Kier alpha value is -3.90. The predicted octanol–water partition coefficient (Wildman–Crippen LogP) is 6.34. The largest absolute Gasteiger partial charge is 0.456 e. The normalized spacial score (nSPS) is 12.4. The van der Waals surface area contributed by atoms with Gasteiger partial charge in [0.25, 0.3) is 10.1 Å². The zero-order valence-corrected chi connectivity index (χ0v) is 20.8. The quantitative estimate of drug-likeness (QED) is 0.196. The monoisotopic (exact) mass is 532 g/mol. The number of fused-ring (bicyclic) bond motifs is 2. The Bertz CT molecular complexity index is 1840. The number of thiazole rings is 2. The first-order valence-corrected chi connectivity index (χ1v) is 13.8. The maximum absolute atomic E-state index is 12.3. The van der Waals surface area contributed by atoms with Crippen molar-refractivity contribution in [2.24, 2.45) is 4.99 Å². The number of benzene rings is 3. The lowest BCUT2D eigenvalue weighted by Crippen LogP contribution is -2.04. The molecule has 8 nitrogen and oxygen atoms in total. The van der Waals surface area contributed by atoms with Crippen molar-refractivity contribution >= 4 is 59.7 Å². The Kier molecular flexibility index (Phi) is 5.61. The molecule has 0 amide bonds. The van der Waals surface area contributed by atoms with Crippen molar-refractivity contribution in [2.75, 3.05) is 5.32 Å². The van der Waals surface area contributed by atoms with Crippen LogP contribution in [-0.2, 0) is 10.1 Å². The minimum Gasteiger partial charge on any atom is -0.456 e. The SMILES string of the molecule is O=S(=O)(O)c1ccccc1-c1c2cc/c(=N\c3nccs3)cc-2oc2cc(Nc3nccs3)ccc12. The summed E-state index contributed by atoms with van der Waals surface area (Å²) in [7, 11) is -4.48. The summed E-state index contributed by atoms with van der Waals surface area (Å²) < 4.78 is 40.8. The molecule has 178 valence electrons. The van der Waals surface area contributed by atoms with E-state index in [2.05, 4.69) is 20.3 Å². The molecule has 0 radical (unpaired) electrons. The van der Waals surface area contributed by atoms with Gasteiger partial charge >= 0.3 is 0 Å². The van der Waals surface area contributed by atoms with Crippen LogP contribution in [0.1, 0.15) is 0 Å². The second-order valence-electron chi connectivity index (χ2n) is 7.73. The first-order chi connectivity index (χ1) is 17.5. The molecular weight excluding hydrogens is 517 g/mol. The highest BCUT2D eigenvalue weighted by molar-refractivity contribution is 7.86. The van der Waals surface area contributed by atoms with Crippen molar-refractivity contribution < 1.29 is 17.4 Å². The number of hydrogen-bond acceptors (Lipinski definition) is 9. The topological polar surface area (TPSA) is 118 Å². The molecule has 4 aromatic rings. The predicted molar refractivity (Wildman–Crippen MR) is 141 cm³/mol. The van der Waals surface area contributed by atoms with E-state index in [0.717, 1.165) is 10.8 Å². The van der Waals surface area contributed by atoms with Gasteiger partial charge in [0.05, 0.1) is 5.36 Å². The fourth-order valence-corrected chi connectivity index (χ4v) is 5.78. The van der Waals surface area contributed by atoms with Crippen LogP contribution in [0, 0.1) is 0 Å². The molecule has 0 fully saturated rings. The molecule has 36 heavy (non-hydrogen) atoms. The van der Waals surface area contributed by atoms with Crippen molar-refractivity contribution in [3.8, 4) is 22.5 Å². The van der Waals surface area contributed by atoms with Crippen molar-refractivity contribution in [3.63, 3.8) is 0 Å². The van der Waals surface area contributed by atoms with E-state index in [-0.39, 0.29) is 4.90 Å². The van der Waals surface area contributed by atoms with E-state index in [9.17, 15) is 13.0 Å². The third-order valence-electron chi connectivity index (χ3n) is 5.47. The molecule has 1 aliphatic carbocycles. The van der Waals surface area contributed by atoms with Crippen LogP contribution in [0.4, 0.5) is 16.0 Å². The van der Waals surface area contributed by atoms with Crippen molar-refractivity contribution in [1.82, 2.24) is 9.97 Å². The molecule has 6 rings (SSSR count). The van der Waals surface area contributed by atoms with Crippen LogP contribution in [0.5, 0.6) is 0 Å². The minimum atomic E-state index is -4.48. The fourth-order valence-electron chi connectivity index (χ4n) is 4.00. The smallest absolute Gasteiger partial charge is 0.295 e.